The summed E-state index contributed by atoms with van der Waals surface area (Å²) in [5.74, 6) is -0.930. The number of hydrogen-bond acceptors (Lipinski definition) is 6. The first-order chi connectivity index (χ1) is 41.0. The van der Waals surface area contributed by atoms with Crippen molar-refractivity contribution in [1.29, 1.82) is 0 Å². The Bertz CT molecular complexity index is 1840. The van der Waals surface area contributed by atoms with Crippen LogP contribution in [0.2, 0.25) is 0 Å². The highest BCUT2D eigenvalue weighted by Crippen LogP contribution is 2.16. The first-order valence-electron chi connectivity index (χ1n) is 34.0. The summed E-state index contributed by atoms with van der Waals surface area (Å²) in [7, 11) is 0. The highest BCUT2D eigenvalue weighted by Gasteiger charge is 2.19. The van der Waals surface area contributed by atoms with Crippen LogP contribution in [-0.2, 0) is 28.6 Å². The molecule has 0 radical (unpaired) electrons. The molecule has 0 aliphatic rings. The third-order valence-corrected chi connectivity index (χ3v) is 14.0. The smallest absolute Gasteiger partial charge is 0.306 e. The number of unbranched alkanes of at least 4 members (excludes halogenated alkanes) is 23. The minimum absolute atomic E-state index is 0.0974. The van der Waals surface area contributed by atoms with E-state index in [1.165, 1.54) is 77.0 Å². The van der Waals surface area contributed by atoms with Crippen LogP contribution in [0.1, 0.15) is 290 Å². The molecule has 0 aliphatic heterocycles. The molecule has 0 bridgehead atoms. The lowest BCUT2D eigenvalue weighted by Gasteiger charge is -2.18. The third kappa shape index (κ3) is 67.7. The Balaban J connectivity index is 4.45. The first kappa shape index (κ1) is 78.0. The zero-order valence-corrected chi connectivity index (χ0v) is 53.7. The van der Waals surface area contributed by atoms with E-state index in [1.807, 2.05) is 0 Å². The zero-order valence-electron chi connectivity index (χ0n) is 53.7. The van der Waals surface area contributed by atoms with E-state index < -0.39 is 6.10 Å². The number of esters is 3. The van der Waals surface area contributed by atoms with Gasteiger partial charge < -0.3 is 14.2 Å². The topological polar surface area (TPSA) is 78.9 Å². The molecule has 0 aliphatic carbocycles. The van der Waals surface area contributed by atoms with Crippen LogP contribution in [0.3, 0.4) is 0 Å². The Morgan fingerprint density at radius 1 is 0.241 bits per heavy atom. The molecule has 83 heavy (non-hydrogen) atoms. The number of ether oxygens (including phenoxy) is 3. The van der Waals surface area contributed by atoms with Gasteiger partial charge in [0, 0.05) is 19.3 Å². The van der Waals surface area contributed by atoms with Crippen LogP contribution in [0, 0.1) is 0 Å². The standard InChI is InChI=1S/C77H124O6/c1-4-7-10-13-16-19-22-25-28-31-34-36-37-38-39-41-43-46-49-52-55-58-61-64-67-70-76(79)82-73-74(72-81-75(78)69-66-63-60-57-54-51-48-45-42-33-30-27-24-21-18-15-12-9-6-3)83-77(80)71-68-65-62-59-56-53-50-47-44-40-35-32-29-26-23-20-17-14-11-8-5-2/h7-12,16-21,25-30,34-36,40,42,45,47,50,74H,4-6,13-15,22-24,31-33,37-39,41,43-44,46,48-49,51-73H2,1-3H3/b10-7-,11-8-,12-9-,19-16-,20-17-,21-18-,28-25-,29-26-,30-27-,36-34-,40-35-,45-42-,50-47-. The first-order valence-corrected chi connectivity index (χ1v) is 34.0. The van der Waals surface area contributed by atoms with Gasteiger partial charge in [0.1, 0.15) is 13.2 Å². The summed E-state index contributed by atoms with van der Waals surface area (Å²) in [4.78, 5) is 38.5. The van der Waals surface area contributed by atoms with Gasteiger partial charge >= 0.3 is 17.9 Å². The van der Waals surface area contributed by atoms with Crippen LogP contribution in [0.25, 0.3) is 0 Å². The lowest BCUT2D eigenvalue weighted by molar-refractivity contribution is -0.167. The lowest BCUT2D eigenvalue weighted by Crippen LogP contribution is -2.30. The van der Waals surface area contributed by atoms with Gasteiger partial charge in [-0.1, -0.05) is 288 Å². The molecule has 0 amide bonds. The van der Waals surface area contributed by atoms with Crippen molar-refractivity contribution in [3.8, 4) is 0 Å². The Morgan fingerprint density at radius 2 is 0.434 bits per heavy atom. The predicted molar refractivity (Wildman–Crippen MR) is 362 cm³/mol. The number of allylic oxidation sites excluding steroid dienone is 26. The molecule has 0 rings (SSSR count). The van der Waals surface area contributed by atoms with Crippen molar-refractivity contribution in [3.63, 3.8) is 0 Å². The number of carbonyl (C=O) groups is 3. The molecule has 6 heteroatoms. The molecule has 0 N–H and O–H groups in total. The van der Waals surface area contributed by atoms with E-state index in [-0.39, 0.29) is 31.1 Å². The van der Waals surface area contributed by atoms with E-state index in [0.29, 0.717) is 19.3 Å². The van der Waals surface area contributed by atoms with E-state index >= 15 is 0 Å². The van der Waals surface area contributed by atoms with Crippen molar-refractivity contribution in [2.75, 3.05) is 13.2 Å². The average Bonchev–Trinajstić information content (AvgIpc) is 3.50. The van der Waals surface area contributed by atoms with Crippen LogP contribution in [0.4, 0.5) is 0 Å². The fourth-order valence-electron chi connectivity index (χ4n) is 9.04. The monoisotopic (exact) mass is 1140 g/mol. The summed E-state index contributed by atoms with van der Waals surface area (Å²) in [5.41, 5.74) is 0. The quantitative estimate of drug-likeness (QED) is 0.0261. The van der Waals surface area contributed by atoms with Crippen LogP contribution in [-0.4, -0.2) is 37.2 Å². The normalized spacial score (nSPS) is 13.1. The van der Waals surface area contributed by atoms with Gasteiger partial charge in [0.15, 0.2) is 6.10 Å². The van der Waals surface area contributed by atoms with Gasteiger partial charge in [-0.15, -0.1) is 0 Å². The van der Waals surface area contributed by atoms with Gasteiger partial charge in [0.2, 0.25) is 0 Å². The van der Waals surface area contributed by atoms with Crippen molar-refractivity contribution >= 4 is 17.9 Å². The average molecular weight is 1150 g/mol. The number of rotatable bonds is 60. The van der Waals surface area contributed by atoms with E-state index in [2.05, 4.69) is 179 Å². The second-order valence-corrected chi connectivity index (χ2v) is 21.9. The summed E-state index contributed by atoms with van der Waals surface area (Å²) in [6.07, 6.45) is 101. The fraction of sp³-hybridized carbons (Fsp3) is 0.623. The number of hydrogen-bond donors (Lipinski definition) is 0. The van der Waals surface area contributed by atoms with Crippen LogP contribution >= 0.6 is 0 Å². The summed E-state index contributed by atoms with van der Waals surface area (Å²) >= 11 is 0. The molecule has 6 nitrogen and oxygen atoms in total. The molecule has 0 saturated heterocycles. The maximum absolute atomic E-state index is 13.0. The molecule has 0 heterocycles. The Hall–Kier alpha value is -4.97. The molecular formula is C77H124O6. The molecule has 1 unspecified atom stereocenters. The van der Waals surface area contributed by atoms with Gasteiger partial charge in [0.05, 0.1) is 0 Å². The fourth-order valence-corrected chi connectivity index (χ4v) is 9.04. The second kappa shape index (κ2) is 69.5. The summed E-state index contributed by atoms with van der Waals surface area (Å²) in [6, 6.07) is 0. The molecule has 0 aromatic heterocycles. The highest BCUT2D eigenvalue weighted by atomic mass is 16.6. The molecule has 0 aromatic carbocycles. The van der Waals surface area contributed by atoms with Crippen LogP contribution < -0.4 is 0 Å². The molecular weight excluding hydrogens is 1020 g/mol. The highest BCUT2D eigenvalue weighted by molar-refractivity contribution is 5.71. The van der Waals surface area contributed by atoms with Gasteiger partial charge in [-0.2, -0.15) is 0 Å². The van der Waals surface area contributed by atoms with Gasteiger partial charge in [-0.25, -0.2) is 0 Å². The summed E-state index contributed by atoms with van der Waals surface area (Å²) in [6.45, 7) is 6.29. The van der Waals surface area contributed by atoms with Gasteiger partial charge in [-0.05, 0) is 141 Å². The largest absolute Gasteiger partial charge is 0.462 e. The molecule has 1 atom stereocenters. The molecule has 0 fully saturated rings. The molecule has 0 aromatic rings. The maximum Gasteiger partial charge on any atom is 0.306 e. The Labute approximate surface area is 511 Å². The molecule has 0 spiro atoms. The third-order valence-electron chi connectivity index (χ3n) is 14.0. The van der Waals surface area contributed by atoms with Crippen molar-refractivity contribution in [1.82, 2.24) is 0 Å². The van der Waals surface area contributed by atoms with Crippen molar-refractivity contribution in [2.45, 2.75) is 297 Å². The van der Waals surface area contributed by atoms with E-state index in [9.17, 15) is 14.4 Å². The lowest BCUT2D eigenvalue weighted by atomic mass is 10.0. The number of carbonyl (C=O) groups excluding carboxylic acids is 3. The minimum atomic E-state index is -0.805. The zero-order chi connectivity index (χ0) is 59.9. The van der Waals surface area contributed by atoms with Gasteiger partial charge in [-0.3, -0.25) is 14.4 Å². The maximum atomic E-state index is 13.0. The van der Waals surface area contributed by atoms with E-state index in [1.54, 1.807) is 0 Å². The van der Waals surface area contributed by atoms with Crippen molar-refractivity contribution < 1.29 is 28.6 Å². The van der Waals surface area contributed by atoms with E-state index in [0.717, 1.165) is 173 Å². The summed E-state index contributed by atoms with van der Waals surface area (Å²) in [5, 5.41) is 0. The van der Waals surface area contributed by atoms with Crippen LogP contribution in [0.5, 0.6) is 0 Å². The summed E-state index contributed by atoms with van der Waals surface area (Å²) < 4.78 is 17.0. The SMILES string of the molecule is CC/C=C\C/C=C\C/C=C\C/C=C\C/C=C\CCCCCCCC(=O)OC(COC(=O)CCCCCCCC/C=C\C/C=C\C/C=C\C/C=C\CC)COC(=O)CCCCCCCCCCCCCC/C=C\C/C=C\C/C=C\C/C=C\CC. The van der Waals surface area contributed by atoms with Crippen LogP contribution in [0.15, 0.2) is 158 Å². The van der Waals surface area contributed by atoms with Gasteiger partial charge in [0.25, 0.3) is 0 Å². The van der Waals surface area contributed by atoms with E-state index in [4.69, 9.17) is 14.2 Å². The predicted octanol–water partition coefficient (Wildman–Crippen LogP) is 23.7. The minimum Gasteiger partial charge on any atom is -0.462 e. The molecule has 468 valence electrons. The Morgan fingerprint density at radius 3 is 0.675 bits per heavy atom. The second-order valence-electron chi connectivity index (χ2n) is 21.9. The Kier molecular flexibility index (Phi) is 65.4. The molecule has 0 saturated carbocycles. The van der Waals surface area contributed by atoms with Crippen molar-refractivity contribution in [2.24, 2.45) is 0 Å². The van der Waals surface area contributed by atoms with Crippen molar-refractivity contribution in [3.05, 3.63) is 158 Å².